The summed E-state index contributed by atoms with van der Waals surface area (Å²) in [6.07, 6.45) is 11.2. The van der Waals surface area contributed by atoms with Gasteiger partial charge in [0.25, 0.3) is 5.56 Å². The van der Waals surface area contributed by atoms with Crippen LogP contribution in [0.3, 0.4) is 0 Å². The van der Waals surface area contributed by atoms with Crippen LogP contribution >= 0.6 is 0 Å². The smallest absolute Gasteiger partial charge is 0.276 e. The first kappa shape index (κ1) is 24.8. The van der Waals surface area contributed by atoms with Crippen LogP contribution in [0.25, 0.3) is 0 Å². The van der Waals surface area contributed by atoms with Crippen molar-refractivity contribution in [3.05, 3.63) is 52.5 Å². The van der Waals surface area contributed by atoms with Gasteiger partial charge in [0.2, 0.25) is 5.91 Å². The van der Waals surface area contributed by atoms with Crippen molar-refractivity contribution in [1.29, 1.82) is 0 Å². The lowest BCUT2D eigenvalue weighted by atomic mass is 10.2. The summed E-state index contributed by atoms with van der Waals surface area (Å²) in [5.41, 5.74) is 3.92. The van der Waals surface area contributed by atoms with Crippen molar-refractivity contribution in [2.24, 2.45) is 0 Å². The molecule has 7 nitrogen and oxygen atoms in total. The third-order valence-corrected chi connectivity index (χ3v) is 4.53. The van der Waals surface area contributed by atoms with E-state index in [0.717, 1.165) is 31.4 Å². The number of likely N-dealkylation sites (N-methyl/N-ethyl adjacent to an activating group) is 1. The maximum Gasteiger partial charge on any atom is 0.276 e. The van der Waals surface area contributed by atoms with Crippen molar-refractivity contribution >= 4 is 11.6 Å². The van der Waals surface area contributed by atoms with E-state index in [2.05, 4.69) is 22.2 Å². The zero-order valence-electron chi connectivity index (χ0n) is 18.3. The molecule has 1 aromatic rings. The van der Waals surface area contributed by atoms with Crippen molar-refractivity contribution in [2.75, 3.05) is 18.9 Å². The van der Waals surface area contributed by atoms with Crippen molar-refractivity contribution in [3.8, 4) is 0 Å². The SMILES string of the molecule is C/C=C\C=C/CCCNO[C@@H]1CCc2ccc(NC(=O)[C@H](C)NC)c(=O)n21.CC. The van der Waals surface area contributed by atoms with E-state index in [-0.39, 0.29) is 29.4 Å². The van der Waals surface area contributed by atoms with E-state index < -0.39 is 0 Å². The molecule has 1 aliphatic rings. The molecule has 0 saturated carbocycles. The molecule has 0 aliphatic carbocycles. The predicted molar refractivity (Wildman–Crippen MR) is 119 cm³/mol. The number of unbranched alkanes of at least 4 members (excludes halogenated alkanes) is 1. The normalized spacial score (nSPS) is 16.5. The maximum absolute atomic E-state index is 12.8. The summed E-state index contributed by atoms with van der Waals surface area (Å²) in [4.78, 5) is 30.5. The zero-order chi connectivity index (χ0) is 21.6. The Morgan fingerprint density at radius 2 is 2.10 bits per heavy atom. The van der Waals surface area contributed by atoms with E-state index in [9.17, 15) is 9.59 Å². The van der Waals surface area contributed by atoms with Crippen molar-refractivity contribution in [3.63, 3.8) is 0 Å². The lowest BCUT2D eigenvalue weighted by Gasteiger charge is -2.17. The second-order valence-electron chi connectivity index (χ2n) is 6.51. The van der Waals surface area contributed by atoms with Crippen LogP contribution in [0.15, 0.2) is 41.2 Å². The third-order valence-electron chi connectivity index (χ3n) is 4.53. The zero-order valence-corrected chi connectivity index (χ0v) is 18.3. The summed E-state index contributed by atoms with van der Waals surface area (Å²) < 4.78 is 1.62. The van der Waals surface area contributed by atoms with Gasteiger partial charge in [-0.1, -0.05) is 38.2 Å². The van der Waals surface area contributed by atoms with Crippen LogP contribution in [-0.4, -0.2) is 30.1 Å². The van der Waals surface area contributed by atoms with E-state index in [1.54, 1.807) is 24.6 Å². The Balaban J connectivity index is 0.00000204. The van der Waals surface area contributed by atoms with Gasteiger partial charge in [0.05, 0.1) is 6.04 Å². The number of carbonyl (C=O) groups excluding carboxylic acids is 1. The van der Waals surface area contributed by atoms with Crippen LogP contribution in [0.2, 0.25) is 0 Å². The molecular weight excluding hydrogens is 368 g/mol. The third kappa shape index (κ3) is 7.61. The van der Waals surface area contributed by atoms with E-state index in [0.29, 0.717) is 6.54 Å². The van der Waals surface area contributed by atoms with Crippen molar-refractivity contribution in [2.45, 2.75) is 65.6 Å². The van der Waals surface area contributed by atoms with Crippen LogP contribution in [-0.2, 0) is 16.1 Å². The Hall–Kier alpha value is -2.22. The fourth-order valence-corrected chi connectivity index (χ4v) is 2.82. The van der Waals surface area contributed by atoms with Gasteiger partial charge in [0.1, 0.15) is 5.69 Å². The van der Waals surface area contributed by atoms with Gasteiger partial charge in [0, 0.05) is 18.7 Å². The molecule has 1 amide bonds. The molecule has 0 spiro atoms. The summed E-state index contributed by atoms with van der Waals surface area (Å²) in [5, 5.41) is 5.55. The van der Waals surface area contributed by atoms with Crippen LogP contribution in [0, 0.1) is 0 Å². The molecule has 0 radical (unpaired) electrons. The number of nitrogens with zero attached hydrogens (tertiary/aromatic N) is 1. The Morgan fingerprint density at radius 3 is 2.79 bits per heavy atom. The van der Waals surface area contributed by atoms with Gasteiger partial charge in [-0.2, -0.15) is 0 Å². The highest BCUT2D eigenvalue weighted by atomic mass is 16.7. The van der Waals surface area contributed by atoms with Crippen LogP contribution in [0.5, 0.6) is 0 Å². The quantitative estimate of drug-likeness (QED) is 0.317. The summed E-state index contributed by atoms with van der Waals surface area (Å²) in [7, 11) is 1.70. The average molecular weight is 405 g/mol. The summed E-state index contributed by atoms with van der Waals surface area (Å²) in [5.74, 6) is -0.241. The molecule has 162 valence electrons. The molecule has 0 bridgehead atoms. The molecule has 1 aromatic heterocycles. The Kier molecular flexibility index (Phi) is 11.9. The fourth-order valence-electron chi connectivity index (χ4n) is 2.82. The fraction of sp³-hybridized carbons (Fsp3) is 0.545. The second-order valence-corrected chi connectivity index (χ2v) is 6.51. The first-order valence-electron chi connectivity index (χ1n) is 10.5. The van der Waals surface area contributed by atoms with Crippen LogP contribution in [0.1, 0.15) is 58.9 Å². The molecule has 0 saturated heterocycles. The van der Waals surface area contributed by atoms with Gasteiger partial charge in [0.15, 0.2) is 6.23 Å². The number of hydrogen-bond acceptors (Lipinski definition) is 5. The van der Waals surface area contributed by atoms with E-state index >= 15 is 0 Å². The molecule has 2 heterocycles. The Morgan fingerprint density at radius 1 is 1.34 bits per heavy atom. The van der Waals surface area contributed by atoms with Gasteiger partial charge >= 0.3 is 0 Å². The standard InChI is InChI=1S/C20H30N4O3.C2H6/c1-4-5-6-7-8-9-14-22-27-18-13-11-16-10-12-17(20(26)24(16)18)23-19(25)15(2)21-3;1-2/h4-7,10,12,15,18,21-22H,8-9,11,13-14H2,1-3H3,(H,23,25);1-2H3/b5-4-,7-6-;/t15-,18+;/m0./s1. The topological polar surface area (TPSA) is 84.4 Å². The van der Waals surface area contributed by atoms with Gasteiger partial charge in [-0.25, -0.2) is 5.48 Å². The number of carbonyl (C=O) groups is 1. The predicted octanol–water partition coefficient (Wildman–Crippen LogP) is 3.30. The van der Waals surface area contributed by atoms with E-state index in [1.807, 2.05) is 45.1 Å². The molecule has 7 heteroatoms. The van der Waals surface area contributed by atoms with Gasteiger partial charge in [-0.05, 0) is 52.3 Å². The molecule has 3 N–H and O–H groups in total. The maximum atomic E-state index is 12.8. The van der Waals surface area contributed by atoms with Gasteiger partial charge in [-0.3, -0.25) is 19.0 Å². The van der Waals surface area contributed by atoms with Crippen molar-refractivity contribution in [1.82, 2.24) is 15.4 Å². The largest absolute Gasteiger partial charge is 0.320 e. The van der Waals surface area contributed by atoms with E-state index in [4.69, 9.17) is 4.84 Å². The highest BCUT2D eigenvalue weighted by molar-refractivity contribution is 5.94. The lowest BCUT2D eigenvalue weighted by molar-refractivity contribution is -0.117. The minimum atomic E-state index is -0.377. The number of hydroxylamine groups is 1. The molecule has 2 rings (SSSR count). The molecule has 2 atom stereocenters. The molecule has 0 aromatic carbocycles. The van der Waals surface area contributed by atoms with Gasteiger partial charge in [-0.15, -0.1) is 0 Å². The Labute approximate surface area is 174 Å². The molecule has 0 fully saturated rings. The number of rotatable bonds is 10. The van der Waals surface area contributed by atoms with E-state index in [1.165, 1.54) is 0 Å². The molecule has 1 aliphatic heterocycles. The lowest BCUT2D eigenvalue weighted by Crippen LogP contribution is -2.38. The number of pyridine rings is 1. The number of allylic oxidation sites excluding steroid dienone is 4. The average Bonchev–Trinajstić information content (AvgIpc) is 3.16. The first-order valence-corrected chi connectivity index (χ1v) is 10.5. The second kappa shape index (κ2) is 13.9. The molecule has 29 heavy (non-hydrogen) atoms. The minimum Gasteiger partial charge on any atom is -0.320 e. The highest BCUT2D eigenvalue weighted by Gasteiger charge is 2.26. The summed E-state index contributed by atoms with van der Waals surface area (Å²) in [6, 6.07) is 3.16. The van der Waals surface area contributed by atoms with Crippen molar-refractivity contribution < 1.29 is 9.63 Å². The number of anilines is 1. The Bertz CT molecular complexity index is 740. The highest BCUT2D eigenvalue weighted by Crippen LogP contribution is 2.24. The van der Waals surface area contributed by atoms with Crippen LogP contribution in [0.4, 0.5) is 5.69 Å². The number of fused-ring (bicyclic) bond motifs is 1. The number of aromatic nitrogens is 1. The number of nitrogens with one attached hydrogen (secondary N) is 3. The monoisotopic (exact) mass is 404 g/mol. The molecule has 0 unspecified atom stereocenters. The van der Waals surface area contributed by atoms with Crippen LogP contribution < -0.4 is 21.7 Å². The number of hydrogen-bond donors (Lipinski definition) is 3. The van der Waals surface area contributed by atoms with Gasteiger partial charge < -0.3 is 10.6 Å². The molecular formula is C22H36N4O3. The first-order chi connectivity index (χ1) is 14.1. The number of aryl methyl sites for hydroxylation is 1. The summed E-state index contributed by atoms with van der Waals surface area (Å²) >= 11 is 0. The summed E-state index contributed by atoms with van der Waals surface area (Å²) in [6.45, 7) is 8.43. The number of amides is 1. The minimum absolute atomic E-state index is 0.234.